The van der Waals surface area contributed by atoms with Crippen LogP contribution in [0.2, 0.25) is 0 Å². The molecular formula is C9H14N2O. The Bertz CT molecular complexity index is 225. The molecule has 0 saturated carbocycles. The Kier molecular flexibility index (Phi) is 3.19. The number of nitrogens with zero attached hydrogens (tertiary/aromatic N) is 1. The maximum atomic E-state index is 9.62. The van der Waals surface area contributed by atoms with Crippen LogP contribution in [0.3, 0.4) is 0 Å². The molecule has 0 bridgehead atoms. The van der Waals surface area contributed by atoms with Crippen LogP contribution in [-0.4, -0.2) is 16.1 Å². The molecule has 1 aromatic rings. The minimum absolute atomic E-state index is 0.200. The lowest BCUT2D eigenvalue weighted by molar-refractivity contribution is 0.144. The van der Waals surface area contributed by atoms with E-state index in [9.17, 15) is 5.11 Å². The molecule has 12 heavy (non-hydrogen) atoms. The van der Waals surface area contributed by atoms with Gasteiger partial charge >= 0.3 is 0 Å². The number of rotatable bonds is 3. The fraction of sp³-hybridized carbons (Fsp3) is 0.444. The first-order chi connectivity index (χ1) is 5.75. The minimum atomic E-state index is -0.594. The number of hydrogen-bond donors (Lipinski definition) is 2. The molecule has 66 valence electrons. The van der Waals surface area contributed by atoms with Gasteiger partial charge in [-0.25, -0.2) is 0 Å². The van der Waals surface area contributed by atoms with Gasteiger partial charge < -0.3 is 10.8 Å². The van der Waals surface area contributed by atoms with E-state index in [1.165, 1.54) is 0 Å². The van der Waals surface area contributed by atoms with Crippen molar-refractivity contribution in [1.82, 2.24) is 4.98 Å². The second-order valence-corrected chi connectivity index (χ2v) is 2.80. The summed E-state index contributed by atoms with van der Waals surface area (Å²) in [5.41, 5.74) is 6.45. The molecule has 0 spiro atoms. The van der Waals surface area contributed by atoms with Gasteiger partial charge in [-0.05, 0) is 12.5 Å². The van der Waals surface area contributed by atoms with E-state index in [-0.39, 0.29) is 6.04 Å². The van der Waals surface area contributed by atoms with Crippen molar-refractivity contribution in [3.8, 4) is 0 Å². The molecule has 1 rings (SSSR count). The first kappa shape index (κ1) is 9.16. The first-order valence-corrected chi connectivity index (χ1v) is 4.09. The Morgan fingerprint density at radius 1 is 1.67 bits per heavy atom. The Hall–Kier alpha value is -0.930. The summed E-state index contributed by atoms with van der Waals surface area (Å²) in [6, 6.07) is 3.42. The van der Waals surface area contributed by atoms with Gasteiger partial charge in [0.05, 0.1) is 6.10 Å². The minimum Gasteiger partial charge on any atom is -0.387 e. The summed E-state index contributed by atoms with van der Waals surface area (Å²) in [7, 11) is 0. The summed E-state index contributed by atoms with van der Waals surface area (Å²) >= 11 is 0. The van der Waals surface area contributed by atoms with Crippen molar-refractivity contribution in [2.24, 2.45) is 5.73 Å². The maximum absolute atomic E-state index is 9.62. The average Bonchev–Trinajstić information content (AvgIpc) is 2.17. The monoisotopic (exact) mass is 166 g/mol. The molecule has 3 heteroatoms. The predicted molar refractivity (Wildman–Crippen MR) is 47.5 cm³/mol. The largest absolute Gasteiger partial charge is 0.387 e. The molecule has 0 aromatic carbocycles. The lowest BCUT2D eigenvalue weighted by Gasteiger charge is -2.16. The zero-order chi connectivity index (χ0) is 8.97. The van der Waals surface area contributed by atoms with E-state index in [0.717, 1.165) is 12.0 Å². The van der Waals surface area contributed by atoms with Crippen LogP contribution in [0.4, 0.5) is 0 Å². The van der Waals surface area contributed by atoms with Gasteiger partial charge in [0, 0.05) is 24.0 Å². The summed E-state index contributed by atoms with van der Waals surface area (Å²) in [6.45, 7) is 1.95. The highest BCUT2D eigenvalue weighted by Gasteiger charge is 2.14. The van der Waals surface area contributed by atoms with Crippen molar-refractivity contribution in [3.63, 3.8) is 0 Å². The molecule has 1 aromatic heterocycles. The molecule has 2 atom stereocenters. The van der Waals surface area contributed by atoms with Crippen molar-refractivity contribution in [3.05, 3.63) is 30.1 Å². The Labute approximate surface area is 72.2 Å². The number of aliphatic hydroxyl groups is 1. The summed E-state index contributed by atoms with van der Waals surface area (Å²) in [5, 5.41) is 9.62. The number of aromatic nitrogens is 1. The first-order valence-electron chi connectivity index (χ1n) is 4.09. The van der Waals surface area contributed by atoms with Crippen molar-refractivity contribution in [2.45, 2.75) is 25.5 Å². The van der Waals surface area contributed by atoms with Crippen LogP contribution in [0.1, 0.15) is 25.0 Å². The third-order valence-electron chi connectivity index (χ3n) is 1.90. The van der Waals surface area contributed by atoms with Gasteiger partial charge in [0.2, 0.25) is 0 Å². The fourth-order valence-electron chi connectivity index (χ4n) is 1.02. The Morgan fingerprint density at radius 3 is 2.92 bits per heavy atom. The van der Waals surface area contributed by atoms with Crippen LogP contribution in [0, 0.1) is 0 Å². The van der Waals surface area contributed by atoms with E-state index in [4.69, 9.17) is 5.73 Å². The molecule has 1 heterocycles. The van der Waals surface area contributed by atoms with Crippen LogP contribution in [-0.2, 0) is 0 Å². The molecular weight excluding hydrogens is 152 g/mol. The number of hydrogen-bond acceptors (Lipinski definition) is 3. The Morgan fingerprint density at radius 2 is 2.42 bits per heavy atom. The molecule has 0 aliphatic carbocycles. The van der Waals surface area contributed by atoms with Gasteiger partial charge in [-0.1, -0.05) is 13.0 Å². The van der Waals surface area contributed by atoms with Crippen LogP contribution in [0.15, 0.2) is 24.5 Å². The molecule has 0 aliphatic rings. The second-order valence-electron chi connectivity index (χ2n) is 2.80. The van der Waals surface area contributed by atoms with Crippen molar-refractivity contribution < 1.29 is 5.11 Å². The average molecular weight is 166 g/mol. The number of pyridine rings is 1. The van der Waals surface area contributed by atoms with E-state index in [1.54, 1.807) is 18.5 Å². The van der Waals surface area contributed by atoms with E-state index in [1.807, 2.05) is 13.0 Å². The quantitative estimate of drug-likeness (QED) is 0.700. The van der Waals surface area contributed by atoms with Gasteiger partial charge in [0.1, 0.15) is 0 Å². The van der Waals surface area contributed by atoms with Gasteiger partial charge in [-0.3, -0.25) is 4.98 Å². The zero-order valence-electron chi connectivity index (χ0n) is 7.14. The summed E-state index contributed by atoms with van der Waals surface area (Å²) in [5.74, 6) is 0. The topological polar surface area (TPSA) is 59.1 Å². The molecule has 0 aliphatic heterocycles. The highest BCUT2D eigenvalue weighted by molar-refractivity contribution is 5.13. The summed E-state index contributed by atoms with van der Waals surface area (Å²) in [6.07, 6.45) is 3.48. The van der Waals surface area contributed by atoms with Crippen LogP contribution >= 0.6 is 0 Å². The van der Waals surface area contributed by atoms with Gasteiger partial charge in [-0.2, -0.15) is 0 Å². The van der Waals surface area contributed by atoms with Gasteiger partial charge in [-0.15, -0.1) is 0 Å². The zero-order valence-corrected chi connectivity index (χ0v) is 7.14. The lowest BCUT2D eigenvalue weighted by Crippen LogP contribution is -2.27. The molecule has 0 saturated heterocycles. The molecule has 0 unspecified atom stereocenters. The normalized spacial score (nSPS) is 15.6. The third kappa shape index (κ3) is 2.03. The van der Waals surface area contributed by atoms with Crippen LogP contribution in [0.25, 0.3) is 0 Å². The summed E-state index contributed by atoms with van der Waals surface area (Å²) < 4.78 is 0. The number of aliphatic hydroxyl groups excluding tert-OH is 1. The van der Waals surface area contributed by atoms with Crippen molar-refractivity contribution in [1.29, 1.82) is 0 Å². The van der Waals surface area contributed by atoms with E-state index < -0.39 is 6.10 Å². The van der Waals surface area contributed by atoms with Crippen molar-refractivity contribution >= 4 is 0 Å². The smallest absolute Gasteiger partial charge is 0.0955 e. The molecule has 0 amide bonds. The van der Waals surface area contributed by atoms with E-state index in [0.29, 0.717) is 0 Å². The van der Waals surface area contributed by atoms with E-state index >= 15 is 0 Å². The standard InChI is InChI=1S/C9H14N2O/c1-2-8(10)9(12)7-4-3-5-11-6-7/h3-6,8-9,12H,2,10H2,1H3/t8-,9+/m1/s1. The maximum Gasteiger partial charge on any atom is 0.0955 e. The fourth-order valence-corrected chi connectivity index (χ4v) is 1.02. The van der Waals surface area contributed by atoms with E-state index in [2.05, 4.69) is 4.98 Å². The molecule has 3 N–H and O–H groups in total. The molecule has 3 nitrogen and oxygen atoms in total. The highest BCUT2D eigenvalue weighted by Crippen LogP contribution is 2.15. The molecule has 0 fully saturated rings. The van der Waals surface area contributed by atoms with Crippen molar-refractivity contribution in [2.75, 3.05) is 0 Å². The molecule has 0 radical (unpaired) electrons. The van der Waals surface area contributed by atoms with Gasteiger partial charge in [0.15, 0.2) is 0 Å². The number of nitrogens with two attached hydrogens (primary N) is 1. The van der Waals surface area contributed by atoms with Crippen LogP contribution < -0.4 is 5.73 Å². The Balaban J connectivity index is 2.71. The highest BCUT2D eigenvalue weighted by atomic mass is 16.3. The summed E-state index contributed by atoms with van der Waals surface area (Å²) in [4.78, 5) is 3.91. The third-order valence-corrected chi connectivity index (χ3v) is 1.90. The SMILES string of the molecule is CC[C@@H](N)[C@@H](O)c1cccnc1. The van der Waals surface area contributed by atoms with Gasteiger partial charge in [0.25, 0.3) is 0 Å². The van der Waals surface area contributed by atoms with Crippen LogP contribution in [0.5, 0.6) is 0 Å². The lowest BCUT2D eigenvalue weighted by atomic mass is 10.0. The predicted octanol–water partition coefficient (Wildman–Crippen LogP) is 0.852. The second kappa shape index (κ2) is 4.18.